The number of anilines is 1. The van der Waals surface area contributed by atoms with Gasteiger partial charge in [-0.1, -0.05) is 32.9 Å². The van der Waals surface area contributed by atoms with Crippen molar-refractivity contribution in [1.29, 1.82) is 0 Å². The van der Waals surface area contributed by atoms with Crippen molar-refractivity contribution in [3.8, 4) is 5.75 Å². The molecule has 1 N–H and O–H groups in total. The van der Waals surface area contributed by atoms with Crippen LogP contribution >= 0.6 is 0 Å². The average molecular weight is 396 g/mol. The maximum absolute atomic E-state index is 12.4. The van der Waals surface area contributed by atoms with Crippen LogP contribution in [0.15, 0.2) is 48.5 Å². The van der Waals surface area contributed by atoms with Crippen LogP contribution in [0.4, 0.5) is 5.69 Å². The second kappa shape index (κ2) is 9.09. The van der Waals surface area contributed by atoms with E-state index < -0.39 is 0 Å². The van der Waals surface area contributed by atoms with Gasteiger partial charge in [0, 0.05) is 24.3 Å². The van der Waals surface area contributed by atoms with E-state index in [2.05, 4.69) is 26.1 Å². The number of amides is 2. The van der Waals surface area contributed by atoms with Gasteiger partial charge in [0.25, 0.3) is 11.8 Å². The molecule has 0 spiro atoms. The summed E-state index contributed by atoms with van der Waals surface area (Å²) >= 11 is 0. The Kier molecular flexibility index (Phi) is 6.54. The van der Waals surface area contributed by atoms with Gasteiger partial charge in [0.05, 0.1) is 13.2 Å². The molecule has 2 aromatic carbocycles. The van der Waals surface area contributed by atoms with Crippen molar-refractivity contribution in [2.45, 2.75) is 26.2 Å². The van der Waals surface area contributed by atoms with Crippen LogP contribution in [0.25, 0.3) is 0 Å². The van der Waals surface area contributed by atoms with E-state index in [-0.39, 0.29) is 23.8 Å². The molecule has 1 saturated heterocycles. The monoisotopic (exact) mass is 396 g/mol. The number of ether oxygens (including phenoxy) is 2. The third-order valence-electron chi connectivity index (χ3n) is 4.80. The van der Waals surface area contributed by atoms with Gasteiger partial charge in [0.15, 0.2) is 6.61 Å². The molecular weight excluding hydrogens is 368 g/mol. The Balaban J connectivity index is 1.49. The van der Waals surface area contributed by atoms with E-state index in [9.17, 15) is 9.59 Å². The first-order valence-corrected chi connectivity index (χ1v) is 9.83. The summed E-state index contributed by atoms with van der Waals surface area (Å²) in [5.74, 6) is 0.380. The standard InChI is InChI=1S/C23H28N2O4/c1-23(2,3)18-6-10-20(11-7-18)29-16-21(26)24-19-8-4-17(5-9-19)22(27)25-12-14-28-15-13-25/h4-11H,12-16H2,1-3H3,(H,24,26). The molecule has 0 aromatic heterocycles. The SMILES string of the molecule is CC(C)(C)c1ccc(OCC(=O)Nc2ccc(C(=O)N3CCOCC3)cc2)cc1. The number of rotatable bonds is 5. The van der Waals surface area contributed by atoms with Crippen molar-refractivity contribution in [2.24, 2.45) is 0 Å². The molecular formula is C23H28N2O4. The minimum absolute atomic E-state index is 0.0202. The fourth-order valence-electron chi connectivity index (χ4n) is 3.04. The summed E-state index contributed by atoms with van der Waals surface area (Å²) < 4.78 is 10.8. The number of hydrogen-bond donors (Lipinski definition) is 1. The Labute approximate surface area is 171 Å². The number of carbonyl (C=O) groups is 2. The highest BCUT2D eigenvalue weighted by molar-refractivity contribution is 5.96. The fourth-order valence-corrected chi connectivity index (χ4v) is 3.04. The summed E-state index contributed by atoms with van der Waals surface area (Å²) in [5.41, 5.74) is 2.51. The van der Waals surface area contributed by atoms with E-state index in [1.165, 1.54) is 5.56 Å². The largest absolute Gasteiger partial charge is 0.484 e. The predicted molar refractivity (Wildman–Crippen MR) is 112 cm³/mol. The van der Waals surface area contributed by atoms with E-state index in [0.29, 0.717) is 43.3 Å². The number of benzene rings is 2. The molecule has 0 bridgehead atoms. The molecule has 6 heteroatoms. The molecule has 2 amide bonds. The van der Waals surface area contributed by atoms with Crippen molar-refractivity contribution in [3.63, 3.8) is 0 Å². The number of hydrogen-bond acceptors (Lipinski definition) is 4. The van der Waals surface area contributed by atoms with E-state index >= 15 is 0 Å². The highest BCUT2D eigenvalue weighted by Crippen LogP contribution is 2.24. The predicted octanol–water partition coefficient (Wildman–Crippen LogP) is 3.47. The van der Waals surface area contributed by atoms with Gasteiger partial charge in [0.2, 0.25) is 0 Å². The zero-order chi connectivity index (χ0) is 20.9. The van der Waals surface area contributed by atoms with E-state index in [0.717, 1.165) is 0 Å². The van der Waals surface area contributed by atoms with Crippen LogP contribution in [0.1, 0.15) is 36.7 Å². The zero-order valence-corrected chi connectivity index (χ0v) is 17.2. The Morgan fingerprint density at radius 1 is 1.00 bits per heavy atom. The molecule has 6 nitrogen and oxygen atoms in total. The molecule has 1 aliphatic heterocycles. The highest BCUT2D eigenvalue weighted by Gasteiger charge is 2.18. The van der Waals surface area contributed by atoms with Gasteiger partial charge in [-0.2, -0.15) is 0 Å². The summed E-state index contributed by atoms with van der Waals surface area (Å²) in [6.07, 6.45) is 0. The summed E-state index contributed by atoms with van der Waals surface area (Å²) in [7, 11) is 0. The summed E-state index contributed by atoms with van der Waals surface area (Å²) in [6, 6.07) is 14.7. The molecule has 0 aliphatic carbocycles. The maximum Gasteiger partial charge on any atom is 0.262 e. The molecule has 1 aliphatic rings. The number of morpholine rings is 1. The van der Waals surface area contributed by atoms with Gasteiger partial charge < -0.3 is 19.7 Å². The van der Waals surface area contributed by atoms with E-state index in [4.69, 9.17) is 9.47 Å². The minimum atomic E-state index is -0.253. The third-order valence-corrected chi connectivity index (χ3v) is 4.80. The van der Waals surface area contributed by atoms with Gasteiger partial charge in [0.1, 0.15) is 5.75 Å². The first-order valence-electron chi connectivity index (χ1n) is 9.83. The second-order valence-corrected chi connectivity index (χ2v) is 8.09. The molecule has 2 aromatic rings. The lowest BCUT2D eigenvalue weighted by atomic mass is 9.87. The number of nitrogens with zero attached hydrogens (tertiary/aromatic N) is 1. The molecule has 154 valence electrons. The smallest absolute Gasteiger partial charge is 0.262 e. The molecule has 3 rings (SSSR count). The molecule has 29 heavy (non-hydrogen) atoms. The van der Waals surface area contributed by atoms with Crippen LogP contribution in [-0.4, -0.2) is 49.6 Å². The molecule has 1 fully saturated rings. The quantitative estimate of drug-likeness (QED) is 0.840. The first kappa shape index (κ1) is 20.9. The van der Waals surface area contributed by atoms with Crippen LogP contribution in [0.3, 0.4) is 0 Å². The summed E-state index contributed by atoms with van der Waals surface area (Å²) in [5, 5.41) is 2.78. The lowest BCUT2D eigenvalue weighted by molar-refractivity contribution is -0.118. The van der Waals surface area contributed by atoms with E-state index in [1.807, 2.05) is 24.3 Å². The van der Waals surface area contributed by atoms with Crippen LogP contribution in [0, 0.1) is 0 Å². The Hall–Kier alpha value is -2.86. The van der Waals surface area contributed by atoms with E-state index in [1.54, 1.807) is 29.2 Å². The Bertz CT molecular complexity index is 833. The third kappa shape index (κ3) is 5.81. The van der Waals surface area contributed by atoms with Gasteiger partial charge >= 0.3 is 0 Å². The Morgan fingerprint density at radius 3 is 2.21 bits per heavy atom. The van der Waals surface area contributed by atoms with Crippen molar-refractivity contribution in [1.82, 2.24) is 4.90 Å². The maximum atomic E-state index is 12.4. The van der Waals surface area contributed by atoms with Crippen LogP contribution in [-0.2, 0) is 14.9 Å². The zero-order valence-electron chi connectivity index (χ0n) is 17.2. The molecule has 1 heterocycles. The van der Waals surface area contributed by atoms with Crippen LogP contribution in [0.5, 0.6) is 5.75 Å². The molecule has 0 unspecified atom stereocenters. The number of nitrogens with one attached hydrogen (secondary N) is 1. The second-order valence-electron chi connectivity index (χ2n) is 8.09. The number of carbonyl (C=O) groups excluding carboxylic acids is 2. The van der Waals surface area contributed by atoms with Crippen LogP contribution < -0.4 is 10.1 Å². The van der Waals surface area contributed by atoms with Gasteiger partial charge in [-0.3, -0.25) is 9.59 Å². The molecule has 0 atom stereocenters. The topological polar surface area (TPSA) is 67.9 Å². The van der Waals surface area contributed by atoms with Crippen LogP contribution in [0.2, 0.25) is 0 Å². The van der Waals surface area contributed by atoms with Gasteiger partial charge in [-0.25, -0.2) is 0 Å². The van der Waals surface area contributed by atoms with Crippen molar-refractivity contribution in [3.05, 3.63) is 59.7 Å². The Morgan fingerprint density at radius 2 is 1.62 bits per heavy atom. The lowest BCUT2D eigenvalue weighted by Gasteiger charge is -2.26. The normalized spacial score (nSPS) is 14.4. The van der Waals surface area contributed by atoms with Crippen molar-refractivity contribution >= 4 is 17.5 Å². The lowest BCUT2D eigenvalue weighted by Crippen LogP contribution is -2.40. The van der Waals surface area contributed by atoms with Gasteiger partial charge in [-0.15, -0.1) is 0 Å². The summed E-state index contributed by atoms with van der Waals surface area (Å²) in [6.45, 7) is 8.71. The summed E-state index contributed by atoms with van der Waals surface area (Å²) in [4.78, 5) is 26.4. The van der Waals surface area contributed by atoms with Crippen molar-refractivity contribution < 1.29 is 19.1 Å². The van der Waals surface area contributed by atoms with Gasteiger partial charge in [-0.05, 0) is 47.4 Å². The highest BCUT2D eigenvalue weighted by atomic mass is 16.5. The first-order chi connectivity index (χ1) is 13.8. The molecule has 0 radical (unpaired) electrons. The fraction of sp³-hybridized carbons (Fsp3) is 0.391. The van der Waals surface area contributed by atoms with Crippen molar-refractivity contribution in [2.75, 3.05) is 38.2 Å². The molecule has 0 saturated carbocycles. The minimum Gasteiger partial charge on any atom is -0.484 e. The average Bonchev–Trinajstić information content (AvgIpc) is 2.72.